The minimum atomic E-state index is -6.12. The van der Waals surface area contributed by atoms with E-state index in [-0.39, 0.29) is 266 Å². The van der Waals surface area contributed by atoms with Crippen LogP contribution in [0.2, 0.25) is 0 Å². The molecule has 0 saturated carbocycles. The van der Waals surface area contributed by atoms with Gasteiger partial charge in [0.05, 0.1) is 43.8 Å². The van der Waals surface area contributed by atoms with E-state index in [1.54, 1.807) is 0 Å². The zero-order valence-corrected chi connectivity index (χ0v) is 81.6. The maximum Gasteiger partial charge on any atom is 1.00 e. The van der Waals surface area contributed by atoms with Gasteiger partial charge in [-0.15, -0.1) is 0 Å². The number of carboxylic acids is 3. The van der Waals surface area contributed by atoms with E-state index in [4.69, 9.17) is 56.8 Å². The molecule has 109 heavy (non-hydrogen) atoms. The predicted octanol–water partition coefficient (Wildman–Crippen LogP) is -47.2. The molecule has 12 N–H and O–H groups in total. The largest absolute Gasteiger partial charge is 1.00 e. The van der Waals surface area contributed by atoms with E-state index >= 15 is 0 Å². The molecule has 0 bridgehead atoms. The van der Waals surface area contributed by atoms with Crippen LogP contribution < -0.4 is 296 Å². The second kappa shape index (κ2) is 50.4. The molecule has 0 spiro atoms. The van der Waals surface area contributed by atoms with Crippen LogP contribution in [0.1, 0.15) is 20.8 Å². The van der Waals surface area contributed by atoms with E-state index in [0.717, 1.165) is 16.4 Å². The first-order valence-electron chi connectivity index (χ1n) is 27.4. The van der Waals surface area contributed by atoms with E-state index in [2.05, 4.69) is 21.7 Å². The van der Waals surface area contributed by atoms with Crippen LogP contribution in [0, 0.1) is 0 Å². The van der Waals surface area contributed by atoms with E-state index in [1.807, 2.05) is 0 Å². The summed E-state index contributed by atoms with van der Waals surface area (Å²) in [4.78, 5) is 41.1. The van der Waals surface area contributed by atoms with Crippen molar-refractivity contribution in [2.45, 2.75) is 211 Å². The maximum atomic E-state index is 12.9. The fraction of sp³-hybridized carbons (Fsp3) is 0.902. The van der Waals surface area contributed by atoms with Crippen LogP contribution >= 0.6 is 0 Å². The summed E-state index contributed by atoms with van der Waals surface area (Å²) >= 11 is 0. The molecule has 6 aliphatic heterocycles. The van der Waals surface area contributed by atoms with Crippen molar-refractivity contribution in [1.29, 1.82) is 0 Å². The molecule has 0 aromatic carbocycles. The molecule has 6 saturated heterocycles. The quantitative estimate of drug-likeness (QED) is 0.0101. The molecule has 0 radical (unpaired) electrons. The molecule has 0 amide bonds. The van der Waals surface area contributed by atoms with Gasteiger partial charge < -0.3 is 160 Å². The summed E-state index contributed by atoms with van der Waals surface area (Å²) in [7, 11) is -36.1. The number of carbonyl (C=O) groups is 3. The number of aliphatic hydroxyl groups is 9. The van der Waals surface area contributed by atoms with Gasteiger partial charge in [-0.1, -0.05) is 0 Å². The smallest absolute Gasteiger partial charge is 0.862 e. The maximum absolute atomic E-state index is 12.9. The average molecular weight is 1790 g/mol. The molecule has 0 aromatic heterocycles. The molecule has 6 heterocycles. The molecule has 0 aliphatic carbocycles. The number of aliphatic imine (C=N–C) groups is 1. The molecule has 0 aromatic rings. The molecule has 6 aliphatic rings. The van der Waals surface area contributed by atoms with Gasteiger partial charge in [-0.05, 0) is 26.7 Å². The van der Waals surface area contributed by atoms with Crippen molar-refractivity contribution in [3.8, 4) is 0 Å². The van der Waals surface area contributed by atoms with Gasteiger partial charge in [-0.2, -0.15) is 8.42 Å². The first-order chi connectivity index (χ1) is 45.7. The molecule has 2 unspecified atom stereocenters. The van der Waals surface area contributed by atoms with Gasteiger partial charge in [0.25, 0.3) is 0 Å². The Morgan fingerprint density at radius 2 is 0.752 bits per heavy atom. The van der Waals surface area contributed by atoms with Crippen LogP contribution in [0.25, 0.3) is 0 Å². The van der Waals surface area contributed by atoms with E-state index < -0.39 is 296 Å². The monoisotopic (exact) mass is 1790 g/mol. The van der Waals surface area contributed by atoms with Gasteiger partial charge in [0, 0.05) is 0 Å². The van der Waals surface area contributed by atoms with Crippen molar-refractivity contribution in [1.82, 2.24) is 9.44 Å². The Kier molecular flexibility index (Phi) is 55.8. The Balaban J connectivity index is -0.00000612. The molecule has 6 rings (SSSR count). The summed E-state index contributed by atoms with van der Waals surface area (Å²) in [5.41, 5.74) is 0. The summed E-state index contributed by atoms with van der Waals surface area (Å²) in [5.74, 6) is -8.78. The van der Waals surface area contributed by atoms with Gasteiger partial charge in [0.15, 0.2) is 70.6 Å². The minimum absolute atomic E-state index is 0. The van der Waals surface area contributed by atoms with Gasteiger partial charge in [-0.3, -0.25) is 22.1 Å². The fourth-order valence-electron chi connectivity index (χ4n) is 10.5. The van der Waals surface area contributed by atoms with E-state index in [9.17, 15) is 159 Å². The normalized spacial score (nSPS) is 37.4. The van der Waals surface area contributed by atoms with Gasteiger partial charge in [0.1, 0.15) is 134 Å². The second-order valence-electron chi connectivity index (χ2n) is 21.8. The van der Waals surface area contributed by atoms with Crippen molar-refractivity contribution >= 4 is 86.0 Å². The number of nitrogens with one attached hydrogen (secondary N) is 2. The SMILES string of the molecule is CC([O-])=N[C@H]1C(O)[C@@H](O[C@H]2O[C@H](C(=O)[O-])[C@H](O[C@@H]3O[C@@H](CO)[C@H](O[C@H]4O[C@H](C(=O)[O-])[C@H](O[C@@H]5O[C@@H](COS(=O)(=O)[O-])[C@H](O[C@H]6O[C@H](C(=O)[O-])[C@H](O)[C@H](O)[C@H]6OS(=O)(=O)[O-])[C@H](O)[C@H]5NS(=O)(=O)[O-])[C@H](O)[C@H]4O)[C@H](O)[C@H]3NS(=O)(=O)[O-])C(O)[C@@H]2OS(=O)(=O)O)[C@@H](COS(=O)(=O)[O-])O[C@H]1OC(C)C.[Na+].[Na+].[Na+].[Na+].[Na+].[Na+].[Na+].[Na+].[Na+]. The summed E-state index contributed by atoms with van der Waals surface area (Å²) in [6, 6.07) is -7.83. The minimum Gasteiger partial charge on any atom is -0.862 e. The average Bonchev–Trinajstić information content (AvgIpc) is 0.765. The van der Waals surface area contributed by atoms with Crippen LogP contribution in [-0.4, -0.2) is 358 Å². The number of carbonyl (C=O) groups excluding carboxylic acids is 3. The van der Waals surface area contributed by atoms with E-state index in [1.165, 1.54) is 13.8 Å². The third kappa shape index (κ3) is 35.3. The topological polar surface area (TPSA) is 850 Å². The number of hydrogen-bond donors (Lipinski definition) is 12. The molecule has 6 fully saturated rings. The van der Waals surface area contributed by atoms with Crippen LogP contribution in [0.4, 0.5) is 0 Å². The van der Waals surface area contributed by atoms with Gasteiger partial charge in [-0.25, -0.2) is 55.7 Å². The first kappa shape index (κ1) is 121. The fourth-order valence-corrected chi connectivity index (χ4v) is 13.2. The summed E-state index contributed by atoms with van der Waals surface area (Å²) in [6.45, 7) is -1.42. The van der Waals surface area contributed by atoms with Crippen molar-refractivity contribution in [3.63, 3.8) is 0 Å². The first-order valence-corrected chi connectivity index (χ1v) is 35.6. The molecular formula is C41H58N3Na9O50S6. The Bertz CT molecular complexity index is 3610. The Morgan fingerprint density at radius 3 is 1.12 bits per heavy atom. The standard InChI is InChI=1S/C41H67N3O50S6.9Na/c1-7(2)81-36-12(42-8(3)46)15(47)24(10(83-36)5-79-97(67,68)69)86-41-30(94-100(76,77)78)22(54)27(32(92-41)35(59)60)89-37-13(43-95(61,62)63)16(48)23(9(4-45)82-37)85-39-21(53)20(52)26(31(91-39)34(57)58)88-38-14(44-96(64,65)66)17(49)25(11(84-38)6-80-98(70,71)72)87-40-29(93-99(73,74)75)19(51)18(50)28(90-40)33(55)56;;;;;;;;;/h7,9-32,36-41,43-45,47-54H,4-6H2,1-3H3,(H,42,46)(H,55,56)(H,57,58)(H,59,60)(H,61,62,63)(H,64,65,66)(H,67,68,69)(H,70,71,72)(H,73,74,75)(H,76,77,78);;;;;;;;;/q;9*+1/p-9/t9-,10+,11-,12-,13+,14+,15?,16+,17+,18+,19-,20+,21+,22?,23-,24-,25-,26+,27+,28-,29+,30-,31-,32-,36+,37-,38-,39-,40-,41-;;;;;;;;;/m0........./s1. The van der Waals surface area contributed by atoms with Crippen LogP contribution in [-0.2, 0) is 150 Å². The number of nitrogens with zero attached hydrogens (tertiary/aromatic N) is 1. The number of aliphatic hydroxyl groups excluding tert-OH is 9. The van der Waals surface area contributed by atoms with Crippen LogP contribution in [0.15, 0.2) is 4.99 Å². The zero-order chi connectivity index (χ0) is 75.8. The molecule has 582 valence electrons. The van der Waals surface area contributed by atoms with Crippen molar-refractivity contribution in [3.05, 3.63) is 0 Å². The number of rotatable bonds is 31. The predicted molar refractivity (Wildman–Crippen MR) is 275 cm³/mol. The number of hydrogen-bond acceptors (Lipinski definition) is 50. The zero-order valence-electron chi connectivity index (χ0n) is 58.7. The van der Waals surface area contributed by atoms with Crippen molar-refractivity contribution in [2.24, 2.45) is 4.99 Å². The summed E-state index contributed by atoms with van der Waals surface area (Å²) < 4.78 is 296. The van der Waals surface area contributed by atoms with Crippen LogP contribution in [0.3, 0.4) is 0 Å². The van der Waals surface area contributed by atoms with Crippen LogP contribution in [0.5, 0.6) is 0 Å². The third-order valence-electron chi connectivity index (χ3n) is 14.4. The van der Waals surface area contributed by atoms with E-state index in [0.29, 0.717) is 0 Å². The number of aliphatic carboxylic acids is 3. The number of carboxylic acid groups (broad SMARTS) is 3. The molecule has 68 heteroatoms. The molecule has 53 nitrogen and oxygen atoms in total. The molecular weight excluding hydrogens is 1730 g/mol. The molecule has 30 atom stereocenters. The van der Waals surface area contributed by atoms with Gasteiger partial charge >= 0.3 is 276 Å². The third-order valence-corrected chi connectivity index (χ3v) is 17.3. The Hall–Kier alpha value is 5.26. The Labute approximate surface area is 817 Å². The summed E-state index contributed by atoms with van der Waals surface area (Å²) in [6.07, 6.45) is -77.2. The number of ether oxygens (including phenoxy) is 12. The second-order valence-corrected chi connectivity index (χ2v) is 28.3. The van der Waals surface area contributed by atoms with Gasteiger partial charge in [0.2, 0.25) is 31.2 Å². The van der Waals surface area contributed by atoms with Crippen molar-refractivity contribution in [2.75, 3.05) is 19.8 Å². The summed E-state index contributed by atoms with van der Waals surface area (Å²) in [5, 5.41) is 150. The Morgan fingerprint density at radius 1 is 0.413 bits per heavy atom. The van der Waals surface area contributed by atoms with Crippen molar-refractivity contribution < 1.29 is 498 Å².